The minimum Gasteiger partial charge on any atom is -0.481 e. The summed E-state index contributed by atoms with van der Waals surface area (Å²) in [6, 6.07) is 0.596. The maximum atomic E-state index is 11.0. The quantitative estimate of drug-likeness (QED) is 0.876. The van der Waals surface area contributed by atoms with Gasteiger partial charge in [-0.3, -0.25) is 9.69 Å². The van der Waals surface area contributed by atoms with Crippen molar-refractivity contribution in [2.75, 3.05) is 6.54 Å². The molecule has 0 amide bonds. The molecule has 0 bridgehead atoms. The molecule has 0 aliphatic carbocycles. The first-order valence-electron chi connectivity index (χ1n) is 7.53. The third-order valence-corrected chi connectivity index (χ3v) is 5.03. The molecule has 0 saturated carbocycles. The summed E-state index contributed by atoms with van der Waals surface area (Å²) >= 11 is 1.71. The first-order chi connectivity index (χ1) is 9.60. The van der Waals surface area contributed by atoms with Crippen molar-refractivity contribution < 1.29 is 9.90 Å². The van der Waals surface area contributed by atoms with Crippen molar-refractivity contribution in [2.45, 2.75) is 65.0 Å². The van der Waals surface area contributed by atoms with Crippen LogP contribution in [-0.4, -0.2) is 33.5 Å². The van der Waals surface area contributed by atoms with E-state index >= 15 is 0 Å². The van der Waals surface area contributed by atoms with Crippen LogP contribution in [0.15, 0.2) is 0 Å². The van der Waals surface area contributed by atoms with Crippen LogP contribution in [0.1, 0.15) is 55.1 Å². The fourth-order valence-electron chi connectivity index (χ4n) is 2.74. The normalized spacial score (nSPS) is 20.2. The molecule has 1 aromatic heterocycles. The molecule has 0 radical (unpaired) electrons. The van der Waals surface area contributed by atoms with E-state index in [0.29, 0.717) is 6.04 Å². The van der Waals surface area contributed by atoms with E-state index < -0.39 is 5.97 Å². The Morgan fingerprint density at radius 3 is 2.95 bits per heavy atom. The zero-order chi connectivity index (χ0) is 14.5. The second-order valence-corrected chi connectivity index (χ2v) is 6.78. The van der Waals surface area contributed by atoms with Crippen LogP contribution in [-0.2, 0) is 24.2 Å². The average molecular weight is 296 g/mol. The predicted octanol–water partition coefficient (Wildman–Crippen LogP) is 3.10. The SMILES string of the molecule is CCCc1nc(CC(=O)O)c(CN2CCCCC2C)s1. The standard InChI is InChI=1S/C15H24N2O2S/c1-3-6-14-16-12(9-15(18)19)13(20-14)10-17-8-5-4-7-11(17)2/h11H,3-10H2,1-2H3,(H,18,19). The summed E-state index contributed by atoms with van der Waals surface area (Å²) in [7, 11) is 0. The number of nitrogens with zero attached hydrogens (tertiary/aromatic N) is 2. The molecule has 1 unspecified atom stereocenters. The average Bonchev–Trinajstić information content (AvgIpc) is 2.74. The highest BCUT2D eigenvalue weighted by molar-refractivity contribution is 7.11. The Morgan fingerprint density at radius 2 is 2.30 bits per heavy atom. The molecule has 2 rings (SSSR count). The molecule has 112 valence electrons. The van der Waals surface area contributed by atoms with Crippen LogP contribution in [0.25, 0.3) is 0 Å². The minimum absolute atomic E-state index is 0.0533. The number of rotatable bonds is 6. The zero-order valence-corrected chi connectivity index (χ0v) is 13.2. The van der Waals surface area contributed by atoms with Crippen molar-refractivity contribution in [3.8, 4) is 0 Å². The van der Waals surface area contributed by atoms with Gasteiger partial charge in [-0.15, -0.1) is 11.3 Å². The lowest BCUT2D eigenvalue weighted by Crippen LogP contribution is -2.36. The summed E-state index contributed by atoms with van der Waals surface area (Å²) in [6.45, 7) is 6.38. The molecule has 2 heterocycles. The molecule has 5 heteroatoms. The lowest BCUT2D eigenvalue weighted by atomic mass is 10.0. The third kappa shape index (κ3) is 4.03. The van der Waals surface area contributed by atoms with E-state index in [2.05, 4.69) is 23.7 Å². The fraction of sp³-hybridized carbons (Fsp3) is 0.733. The van der Waals surface area contributed by atoms with Gasteiger partial charge < -0.3 is 5.11 Å². The molecule has 1 aromatic rings. The number of carboxylic acids is 1. The summed E-state index contributed by atoms with van der Waals surface area (Å²) in [5.74, 6) is -0.786. The Bertz CT molecular complexity index is 459. The minimum atomic E-state index is -0.786. The maximum Gasteiger partial charge on any atom is 0.309 e. The molecule has 4 nitrogen and oxygen atoms in total. The van der Waals surface area contributed by atoms with Gasteiger partial charge in [-0.25, -0.2) is 4.98 Å². The number of piperidine rings is 1. The fourth-order valence-corrected chi connectivity index (χ4v) is 3.95. The van der Waals surface area contributed by atoms with E-state index in [-0.39, 0.29) is 6.42 Å². The molecule has 0 aromatic carbocycles. The Labute approximate surface area is 124 Å². The zero-order valence-electron chi connectivity index (χ0n) is 12.4. The number of hydrogen-bond donors (Lipinski definition) is 1. The van der Waals surface area contributed by atoms with Crippen LogP contribution in [0, 0.1) is 0 Å². The summed E-state index contributed by atoms with van der Waals surface area (Å²) < 4.78 is 0. The van der Waals surface area contributed by atoms with Crippen LogP contribution < -0.4 is 0 Å². The van der Waals surface area contributed by atoms with Gasteiger partial charge in [0.15, 0.2) is 0 Å². The van der Waals surface area contributed by atoms with Gasteiger partial charge in [-0.1, -0.05) is 13.3 Å². The number of aryl methyl sites for hydroxylation is 1. The molecule has 0 spiro atoms. The van der Waals surface area contributed by atoms with Gasteiger partial charge in [0.25, 0.3) is 0 Å². The second-order valence-electron chi connectivity index (χ2n) is 5.61. The first kappa shape index (κ1) is 15.4. The highest BCUT2D eigenvalue weighted by atomic mass is 32.1. The van der Waals surface area contributed by atoms with E-state index in [9.17, 15) is 4.79 Å². The van der Waals surface area contributed by atoms with Gasteiger partial charge in [-0.05, 0) is 39.2 Å². The van der Waals surface area contributed by atoms with Crippen molar-refractivity contribution in [1.29, 1.82) is 0 Å². The van der Waals surface area contributed by atoms with E-state index in [1.165, 1.54) is 19.3 Å². The van der Waals surface area contributed by atoms with Crippen LogP contribution in [0.5, 0.6) is 0 Å². The van der Waals surface area contributed by atoms with Gasteiger partial charge in [0.05, 0.1) is 17.1 Å². The van der Waals surface area contributed by atoms with Crippen LogP contribution >= 0.6 is 11.3 Å². The maximum absolute atomic E-state index is 11.0. The number of hydrogen-bond acceptors (Lipinski definition) is 4. The molecule has 1 N–H and O–H groups in total. The van der Waals surface area contributed by atoms with E-state index in [4.69, 9.17) is 5.11 Å². The van der Waals surface area contributed by atoms with Crippen LogP contribution in [0.2, 0.25) is 0 Å². The van der Waals surface area contributed by atoms with Crippen LogP contribution in [0.3, 0.4) is 0 Å². The van der Waals surface area contributed by atoms with Crippen molar-refractivity contribution in [3.63, 3.8) is 0 Å². The number of carbonyl (C=O) groups is 1. The Morgan fingerprint density at radius 1 is 1.50 bits per heavy atom. The summed E-state index contributed by atoms with van der Waals surface area (Å²) in [4.78, 5) is 19.2. The number of likely N-dealkylation sites (tertiary alicyclic amines) is 1. The van der Waals surface area contributed by atoms with Gasteiger partial charge in [0.2, 0.25) is 0 Å². The molecule has 1 saturated heterocycles. The number of aliphatic carboxylic acids is 1. The summed E-state index contributed by atoms with van der Waals surface area (Å²) in [5, 5.41) is 10.1. The van der Waals surface area contributed by atoms with Gasteiger partial charge in [-0.2, -0.15) is 0 Å². The van der Waals surface area contributed by atoms with Crippen molar-refractivity contribution in [1.82, 2.24) is 9.88 Å². The molecule has 1 atom stereocenters. The van der Waals surface area contributed by atoms with Crippen LogP contribution in [0.4, 0.5) is 0 Å². The van der Waals surface area contributed by atoms with Crippen molar-refractivity contribution in [2.24, 2.45) is 0 Å². The van der Waals surface area contributed by atoms with Gasteiger partial charge in [0, 0.05) is 17.5 Å². The van der Waals surface area contributed by atoms with E-state index in [1.54, 1.807) is 11.3 Å². The topological polar surface area (TPSA) is 53.4 Å². The highest BCUT2D eigenvalue weighted by Crippen LogP contribution is 2.26. The summed E-state index contributed by atoms with van der Waals surface area (Å²) in [5.41, 5.74) is 0.781. The molecule has 1 fully saturated rings. The summed E-state index contributed by atoms with van der Waals surface area (Å²) in [6.07, 6.45) is 5.86. The Balaban J connectivity index is 2.13. The molecular formula is C15H24N2O2S. The molecule has 1 aliphatic rings. The predicted molar refractivity (Wildman–Crippen MR) is 81.2 cm³/mol. The second kappa shape index (κ2) is 7.18. The molecular weight excluding hydrogens is 272 g/mol. The monoisotopic (exact) mass is 296 g/mol. The lowest BCUT2D eigenvalue weighted by Gasteiger charge is -2.33. The Kier molecular flexibility index (Phi) is 5.54. The van der Waals surface area contributed by atoms with Gasteiger partial charge >= 0.3 is 5.97 Å². The molecule has 20 heavy (non-hydrogen) atoms. The van der Waals surface area contributed by atoms with Crippen molar-refractivity contribution in [3.05, 3.63) is 15.6 Å². The van der Waals surface area contributed by atoms with Crippen molar-refractivity contribution >= 4 is 17.3 Å². The van der Waals surface area contributed by atoms with Gasteiger partial charge in [0.1, 0.15) is 0 Å². The number of carboxylic acid groups (broad SMARTS) is 1. The third-order valence-electron chi connectivity index (χ3n) is 3.89. The number of thiazole rings is 1. The van der Waals surface area contributed by atoms with E-state index in [1.807, 2.05) is 0 Å². The highest BCUT2D eigenvalue weighted by Gasteiger charge is 2.22. The first-order valence-corrected chi connectivity index (χ1v) is 8.35. The largest absolute Gasteiger partial charge is 0.481 e. The lowest BCUT2D eigenvalue weighted by molar-refractivity contribution is -0.136. The smallest absolute Gasteiger partial charge is 0.309 e. The molecule has 1 aliphatic heterocycles. The number of aromatic nitrogens is 1. The van der Waals surface area contributed by atoms with E-state index in [0.717, 1.165) is 41.5 Å². The Hall–Kier alpha value is -0.940.